The molecule has 4 fully saturated rings. The third kappa shape index (κ3) is 7.74. The van der Waals surface area contributed by atoms with E-state index in [2.05, 4.69) is 5.32 Å². The van der Waals surface area contributed by atoms with E-state index in [0.717, 1.165) is 0 Å². The highest BCUT2D eigenvalue weighted by Crippen LogP contribution is 2.34. The lowest BCUT2D eigenvalue weighted by molar-refractivity contribution is -0.306. The first-order valence-electron chi connectivity index (χ1n) is 14.8. The molecule has 3 saturated heterocycles. The van der Waals surface area contributed by atoms with Crippen LogP contribution in [0.3, 0.4) is 0 Å². The van der Waals surface area contributed by atoms with Crippen LogP contribution in [0, 0.1) is 0 Å². The molecule has 20 heteroatoms. The summed E-state index contributed by atoms with van der Waals surface area (Å²) in [4.78, 5) is 11.4. The van der Waals surface area contributed by atoms with E-state index >= 15 is 0 Å². The van der Waals surface area contributed by atoms with Crippen LogP contribution in [0.15, 0.2) is 0 Å². The maximum Gasteiger partial charge on any atom is 0.216 e. The molecule has 1 amide bonds. The van der Waals surface area contributed by atoms with Gasteiger partial charge in [-0.25, -0.2) is 0 Å². The van der Waals surface area contributed by atoms with E-state index in [1.807, 2.05) is 0 Å². The van der Waals surface area contributed by atoms with E-state index in [1.54, 1.807) is 0 Å². The van der Waals surface area contributed by atoms with Crippen LogP contribution >= 0.6 is 0 Å². The molecular weight excluding hydrogens is 608 g/mol. The van der Waals surface area contributed by atoms with Crippen LogP contribution in [0.25, 0.3) is 0 Å². The van der Waals surface area contributed by atoms with Crippen LogP contribution < -0.4 is 34.0 Å². The molecule has 262 valence electrons. The summed E-state index contributed by atoms with van der Waals surface area (Å²) >= 11 is 0. The number of amides is 1. The predicted molar refractivity (Wildman–Crippen MR) is 148 cm³/mol. The van der Waals surface area contributed by atoms with Gasteiger partial charge in [-0.1, -0.05) is 0 Å². The monoisotopic (exact) mass is 656 g/mol. The van der Waals surface area contributed by atoms with Crippen LogP contribution in [-0.2, 0) is 33.2 Å². The number of carbonyl (C=O) groups excluding carboxylic acids is 1. The quantitative estimate of drug-likeness (QED) is 0.104. The minimum Gasteiger partial charge on any atom is -0.394 e. The van der Waals surface area contributed by atoms with Crippen molar-refractivity contribution in [2.24, 2.45) is 28.7 Å². The second kappa shape index (κ2) is 15.3. The number of nitrogens with one attached hydrogen (secondary N) is 1. The normalized spacial score (nSPS) is 50.8. The standard InChI is InChI=1S/C25H48N6O14/c1-6(33)31-4-10-16(36)18(38)13(30)24(41-10)44-21-11(5-32)42-25(19(21)39)45-22-14(34)7(27)2-8(28)20(22)43-23-12(29)17(37)15(35)9(3-26)40-23/h7-25,32,34-39H,2-5,26-30H2,1H3,(H,31,33)/t7-,8?,9?,10?,11-,12?,13?,14?,15-,16-,17?,18?,19+,20-,21+,22?,23-,24-,25+/m1/s1. The Labute approximate surface area is 258 Å². The molecule has 4 rings (SSSR count). The Bertz CT molecular complexity index is 975. The Balaban J connectivity index is 1.49. The van der Waals surface area contributed by atoms with Gasteiger partial charge in [-0.2, -0.15) is 0 Å². The molecule has 18 N–H and O–H groups in total. The second-order valence-corrected chi connectivity index (χ2v) is 11.9. The van der Waals surface area contributed by atoms with Crippen molar-refractivity contribution < 1.29 is 69.0 Å². The Hall–Kier alpha value is -1.25. The molecular formula is C25H48N6O14. The highest BCUT2D eigenvalue weighted by atomic mass is 16.8. The Kier molecular flexibility index (Phi) is 12.5. The number of carbonyl (C=O) groups is 1. The largest absolute Gasteiger partial charge is 0.394 e. The number of ether oxygens (including phenoxy) is 6. The molecule has 19 atom stereocenters. The molecule has 0 aromatic heterocycles. The topological polar surface area (TPSA) is 356 Å². The van der Waals surface area contributed by atoms with Crippen molar-refractivity contribution in [1.82, 2.24) is 5.32 Å². The third-order valence-electron chi connectivity index (χ3n) is 8.69. The molecule has 1 aliphatic carbocycles. The zero-order chi connectivity index (χ0) is 33.3. The molecule has 4 aliphatic rings. The summed E-state index contributed by atoms with van der Waals surface area (Å²) in [5.74, 6) is -0.413. The average Bonchev–Trinajstić information content (AvgIpc) is 3.30. The lowest BCUT2D eigenvalue weighted by atomic mass is 9.84. The molecule has 3 heterocycles. The summed E-state index contributed by atoms with van der Waals surface area (Å²) in [6.07, 6.45) is -20.5. The van der Waals surface area contributed by atoms with Crippen molar-refractivity contribution >= 4 is 5.91 Å². The number of aliphatic hydroxyl groups is 7. The molecule has 9 unspecified atom stereocenters. The van der Waals surface area contributed by atoms with Gasteiger partial charge in [-0.3, -0.25) is 4.79 Å². The van der Waals surface area contributed by atoms with Gasteiger partial charge in [0.25, 0.3) is 0 Å². The minimum absolute atomic E-state index is 0.0724. The van der Waals surface area contributed by atoms with Crippen molar-refractivity contribution in [2.75, 3.05) is 19.7 Å². The van der Waals surface area contributed by atoms with E-state index in [-0.39, 0.29) is 19.5 Å². The number of hydrogen-bond acceptors (Lipinski definition) is 19. The van der Waals surface area contributed by atoms with Crippen LogP contribution in [0.2, 0.25) is 0 Å². The van der Waals surface area contributed by atoms with Gasteiger partial charge in [0.05, 0.1) is 24.8 Å². The molecule has 0 aromatic carbocycles. The lowest BCUT2D eigenvalue weighted by Gasteiger charge is -2.47. The Morgan fingerprint density at radius 3 is 1.76 bits per heavy atom. The lowest BCUT2D eigenvalue weighted by Crippen LogP contribution is -2.68. The summed E-state index contributed by atoms with van der Waals surface area (Å²) in [5.41, 5.74) is 30.1. The number of rotatable bonds is 10. The Morgan fingerprint density at radius 2 is 1.20 bits per heavy atom. The highest BCUT2D eigenvalue weighted by molar-refractivity contribution is 5.72. The zero-order valence-corrected chi connectivity index (χ0v) is 24.7. The summed E-state index contributed by atoms with van der Waals surface area (Å²) in [6.45, 7) is 0.223. The maximum absolute atomic E-state index is 11.4. The maximum atomic E-state index is 11.4. The van der Waals surface area contributed by atoms with Gasteiger partial charge >= 0.3 is 0 Å². The van der Waals surface area contributed by atoms with E-state index < -0.39 is 129 Å². The van der Waals surface area contributed by atoms with Crippen molar-refractivity contribution in [2.45, 2.75) is 130 Å². The fourth-order valence-electron chi connectivity index (χ4n) is 5.96. The molecule has 45 heavy (non-hydrogen) atoms. The summed E-state index contributed by atoms with van der Waals surface area (Å²) in [6, 6.07) is -4.31. The van der Waals surface area contributed by atoms with Gasteiger partial charge < -0.3 is 98.2 Å². The van der Waals surface area contributed by atoms with Crippen molar-refractivity contribution in [3.8, 4) is 0 Å². The summed E-state index contributed by atoms with van der Waals surface area (Å²) in [5, 5.41) is 76.1. The van der Waals surface area contributed by atoms with Gasteiger partial charge in [-0.15, -0.1) is 0 Å². The van der Waals surface area contributed by atoms with Crippen LogP contribution in [0.4, 0.5) is 0 Å². The number of hydrogen-bond donors (Lipinski definition) is 13. The SMILES string of the molecule is CC(=O)NCC1O[C@H](O[C@@H]2[C@H](O)[C@H](OC3C(O)[C@H](N)CC(N)[C@H]3O[C@H]3OC(CN)[C@@H](O)C(O)C3N)O[C@@H]2CO)C(N)C(O)[C@@H]1O. The number of nitrogens with two attached hydrogens (primary N) is 5. The smallest absolute Gasteiger partial charge is 0.216 e. The summed E-state index contributed by atoms with van der Waals surface area (Å²) in [7, 11) is 0. The van der Waals surface area contributed by atoms with Crippen LogP contribution in [-0.4, -0.2) is 178 Å². The first kappa shape index (κ1) is 36.6. The van der Waals surface area contributed by atoms with Gasteiger partial charge in [0.15, 0.2) is 18.9 Å². The fraction of sp³-hybridized carbons (Fsp3) is 0.960. The molecule has 0 spiro atoms. The summed E-state index contributed by atoms with van der Waals surface area (Å²) < 4.78 is 34.9. The van der Waals surface area contributed by atoms with Gasteiger partial charge in [0, 0.05) is 32.1 Å². The van der Waals surface area contributed by atoms with Crippen molar-refractivity contribution in [3.63, 3.8) is 0 Å². The van der Waals surface area contributed by atoms with E-state index in [4.69, 9.17) is 57.1 Å². The zero-order valence-electron chi connectivity index (χ0n) is 24.7. The average molecular weight is 657 g/mol. The highest BCUT2D eigenvalue weighted by Gasteiger charge is 2.54. The van der Waals surface area contributed by atoms with Crippen LogP contribution in [0.1, 0.15) is 13.3 Å². The van der Waals surface area contributed by atoms with E-state index in [0.29, 0.717) is 0 Å². The second-order valence-electron chi connectivity index (χ2n) is 11.9. The first-order chi connectivity index (χ1) is 21.2. The van der Waals surface area contributed by atoms with Gasteiger partial charge in [0.1, 0.15) is 67.1 Å². The molecule has 20 nitrogen and oxygen atoms in total. The molecule has 3 aliphatic heterocycles. The molecule has 1 saturated carbocycles. The Morgan fingerprint density at radius 1 is 0.689 bits per heavy atom. The first-order valence-corrected chi connectivity index (χ1v) is 14.8. The van der Waals surface area contributed by atoms with E-state index in [1.165, 1.54) is 6.92 Å². The van der Waals surface area contributed by atoms with Crippen molar-refractivity contribution in [1.29, 1.82) is 0 Å². The van der Waals surface area contributed by atoms with Gasteiger partial charge in [-0.05, 0) is 6.42 Å². The third-order valence-corrected chi connectivity index (χ3v) is 8.69. The molecule has 0 radical (unpaired) electrons. The molecule has 0 bridgehead atoms. The fourth-order valence-corrected chi connectivity index (χ4v) is 5.96. The van der Waals surface area contributed by atoms with E-state index in [9.17, 15) is 40.5 Å². The van der Waals surface area contributed by atoms with Gasteiger partial charge in [0.2, 0.25) is 5.91 Å². The minimum atomic E-state index is -1.65. The van der Waals surface area contributed by atoms with Crippen LogP contribution in [0.5, 0.6) is 0 Å². The predicted octanol–water partition coefficient (Wildman–Crippen LogP) is -8.72. The number of aliphatic hydroxyl groups excluding tert-OH is 7. The molecule has 0 aromatic rings. The van der Waals surface area contributed by atoms with Crippen molar-refractivity contribution in [3.05, 3.63) is 0 Å².